The Morgan fingerprint density at radius 3 is 2.06 bits per heavy atom. The molecule has 1 nitrogen and oxygen atoms in total. The second-order valence-electron chi connectivity index (χ2n) is 4.68. The van der Waals surface area contributed by atoms with Gasteiger partial charge in [-0.25, -0.2) is 0 Å². The van der Waals surface area contributed by atoms with Gasteiger partial charge in [0, 0.05) is 6.04 Å². The average molecular weight is 223 g/mol. The van der Waals surface area contributed by atoms with Crippen LogP contribution in [0.15, 0.2) is 25.3 Å². The summed E-state index contributed by atoms with van der Waals surface area (Å²) in [6.45, 7) is 9.84. The summed E-state index contributed by atoms with van der Waals surface area (Å²) in [5.41, 5.74) is 6.21. The van der Waals surface area contributed by atoms with E-state index in [4.69, 9.17) is 5.73 Å². The van der Waals surface area contributed by atoms with E-state index >= 15 is 0 Å². The van der Waals surface area contributed by atoms with Crippen LogP contribution in [0.2, 0.25) is 0 Å². The first-order valence-electron chi connectivity index (χ1n) is 6.73. The van der Waals surface area contributed by atoms with Crippen LogP contribution in [0.5, 0.6) is 0 Å². The molecule has 1 heteroatoms. The molecule has 1 atom stereocenters. The molecule has 0 aliphatic carbocycles. The minimum Gasteiger partial charge on any atom is -0.327 e. The average Bonchev–Trinajstić information content (AvgIpc) is 2.28. The lowest BCUT2D eigenvalue weighted by Gasteiger charge is -2.21. The smallest absolute Gasteiger partial charge is 0.00730 e. The van der Waals surface area contributed by atoms with Crippen molar-refractivity contribution in [3.8, 4) is 0 Å². The van der Waals surface area contributed by atoms with Crippen LogP contribution in [0.4, 0.5) is 0 Å². The summed E-state index contributed by atoms with van der Waals surface area (Å²) < 4.78 is 0. The van der Waals surface area contributed by atoms with Crippen molar-refractivity contribution in [2.45, 2.75) is 64.3 Å². The lowest BCUT2D eigenvalue weighted by molar-refractivity contribution is 0.392. The van der Waals surface area contributed by atoms with Crippen molar-refractivity contribution in [2.75, 3.05) is 0 Å². The first kappa shape index (κ1) is 15.4. The molecule has 0 aromatic heterocycles. The van der Waals surface area contributed by atoms with E-state index in [1.807, 2.05) is 12.2 Å². The Bertz CT molecular complexity index is 164. The Kier molecular flexibility index (Phi) is 10.6. The van der Waals surface area contributed by atoms with Gasteiger partial charge in [0.05, 0.1) is 0 Å². The van der Waals surface area contributed by atoms with E-state index in [0.29, 0.717) is 12.0 Å². The molecule has 16 heavy (non-hydrogen) atoms. The highest BCUT2D eigenvalue weighted by Gasteiger charge is 2.14. The molecule has 94 valence electrons. The molecule has 0 heterocycles. The molecule has 0 aromatic rings. The molecule has 0 radical (unpaired) electrons. The fourth-order valence-electron chi connectivity index (χ4n) is 2.09. The van der Waals surface area contributed by atoms with Crippen LogP contribution in [0.25, 0.3) is 0 Å². The third-order valence-electron chi connectivity index (χ3n) is 3.19. The predicted molar refractivity (Wildman–Crippen MR) is 74.5 cm³/mol. The van der Waals surface area contributed by atoms with Crippen molar-refractivity contribution < 1.29 is 0 Å². The zero-order chi connectivity index (χ0) is 12.2. The summed E-state index contributed by atoms with van der Waals surface area (Å²) in [7, 11) is 0. The topological polar surface area (TPSA) is 26.0 Å². The first-order chi connectivity index (χ1) is 7.76. The van der Waals surface area contributed by atoms with E-state index in [2.05, 4.69) is 20.1 Å². The monoisotopic (exact) mass is 223 g/mol. The lowest BCUT2D eigenvalue weighted by Crippen LogP contribution is -2.29. The highest BCUT2D eigenvalue weighted by Crippen LogP contribution is 2.18. The van der Waals surface area contributed by atoms with Crippen LogP contribution in [-0.4, -0.2) is 6.04 Å². The van der Waals surface area contributed by atoms with Crippen LogP contribution in [0, 0.1) is 5.92 Å². The SMILES string of the molecule is C=CCC(CC=C)C(N)CCCCCCC. The van der Waals surface area contributed by atoms with Crippen molar-refractivity contribution in [3.63, 3.8) is 0 Å². The van der Waals surface area contributed by atoms with Gasteiger partial charge in [-0.1, -0.05) is 51.2 Å². The number of unbranched alkanes of at least 4 members (excludes halogenated alkanes) is 4. The number of allylic oxidation sites excluding steroid dienone is 2. The fourth-order valence-corrected chi connectivity index (χ4v) is 2.09. The van der Waals surface area contributed by atoms with Gasteiger partial charge in [-0.05, 0) is 25.2 Å². The maximum Gasteiger partial charge on any atom is 0.00730 e. The van der Waals surface area contributed by atoms with Gasteiger partial charge in [-0.2, -0.15) is 0 Å². The van der Waals surface area contributed by atoms with E-state index in [1.165, 1.54) is 32.1 Å². The third-order valence-corrected chi connectivity index (χ3v) is 3.19. The molecule has 0 fully saturated rings. The summed E-state index contributed by atoms with van der Waals surface area (Å²) in [4.78, 5) is 0. The van der Waals surface area contributed by atoms with Crippen molar-refractivity contribution in [3.05, 3.63) is 25.3 Å². The molecular weight excluding hydrogens is 194 g/mol. The van der Waals surface area contributed by atoms with E-state index in [0.717, 1.165) is 19.3 Å². The van der Waals surface area contributed by atoms with E-state index in [1.54, 1.807) is 0 Å². The Hall–Kier alpha value is -0.560. The molecule has 0 saturated heterocycles. The maximum absolute atomic E-state index is 6.21. The summed E-state index contributed by atoms with van der Waals surface area (Å²) in [5, 5.41) is 0. The van der Waals surface area contributed by atoms with Crippen molar-refractivity contribution in [2.24, 2.45) is 11.7 Å². The molecule has 0 aromatic carbocycles. The standard InChI is InChI=1S/C15H29N/c1-4-7-8-9-10-13-15(16)14(11-5-2)12-6-3/h5-6,14-15H,2-4,7-13,16H2,1H3. The number of nitrogens with two attached hydrogens (primary N) is 1. The molecule has 0 aliphatic rings. The van der Waals surface area contributed by atoms with Gasteiger partial charge in [-0.15, -0.1) is 13.2 Å². The van der Waals surface area contributed by atoms with Crippen LogP contribution in [0.3, 0.4) is 0 Å². The Morgan fingerprint density at radius 2 is 1.56 bits per heavy atom. The summed E-state index contributed by atoms with van der Waals surface area (Å²) >= 11 is 0. The van der Waals surface area contributed by atoms with Gasteiger partial charge < -0.3 is 5.73 Å². The molecule has 0 spiro atoms. The lowest BCUT2D eigenvalue weighted by atomic mass is 9.89. The van der Waals surface area contributed by atoms with E-state index in [-0.39, 0.29) is 0 Å². The normalized spacial score (nSPS) is 12.7. The fraction of sp³-hybridized carbons (Fsp3) is 0.733. The minimum absolute atomic E-state index is 0.317. The van der Waals surface area contributed by atoms with Gasteiger partial charge >= 0.3 is 0 Å². The molecule has 0 aliphatic heterocycles. The zero-order valence-electron chi connectivity index (χ0n) is 11.0. The predicted octanol–water partition coefficient (Wildman–Crippen LogP) is 4.44. The van der Waals surface area contributed by atoms with Crippen LogP contribution in [-0.2, 0) is 0 Å². The molecule has 0 rings (SSSR count). The van der Waals surface area contributed by atoms with Crippen molar-refractivity contribution in [1.82, 2.24) is 0 Å². The highest BCUT2D eigenvalue weighted by atomic mass is 14.6. The number of hydrogen-bond acceptors (Lipinski definition) is 1. The van der Waals surface area contributed by atoms with E-state index in [9.17, 15) is 0 Å². The second-order valence-corrected chi connectivity index (χ2v) is 4.68. The van der Waals surface area contributed by atoms with Gasteiger partial charge in [0.25, 0.3) is 0 Å². The number of hydrogen-bond donors (Lipinski definition) is 1. The van der Waals surface area contributed by atoms with Crippen LogP contribution < -0.4 is 5.73 Å². The molecular formula is C15H29N. The van der Waals surface area contributed by atoms with E-state index < -0.39 is 0 Å². The molecule has 0 bridgehead atoms. The second kappa shape index (κ2) is 10.9. The minimum atomic E-state index is 0.317. The molecule has 1 unspecified atom stereocenters. The summed E-state index contributed by atoms with van der Waals surface area (Å²) in [5.74, 6) is 0.543. The zero-order valence-corrected chi connectivity index (χ0v) is 11.0. The molecule has 0 amide bonds. The van der Waals surface area contributed by atoms with Crippen LogP contribution in [0.1, 0.15) is 58.3 Å². The van der Waals surface area contributed by atoms with Gasteiger partial charge in [0.15, 0.2) is 0 Å². The third kappa shape index (κ3) is 7.70. The first-order valence-corrected chi connectivity index (χ1v) is 6.73. The summed E-state index contributed by atoms with van der Waals surface area (Å²) in [6, 6.07) is 0.317. The van der Waals surface area contributed by atoms with Crippen molar-refractivity contribution in [1.29, 1.82) is 0 Å². The van der Waals surface area contributed by atoms with Gasteiger partial charge in [0.2, 0.25) is 0 Å². The Labute approximate surface area is 102 Å². The maximum atomic E-state index is 6.21. The number of rotatable bonds is 11. The van der Waals surface area contributed by atoms with Gasteiger partial charge in [-0.3, -0.25) is 0 Å². The quantitative estimate of drug-likeness (QED) is 0.406. The Morgan fingerprint density at radius 1 is 1.00 bits per heavy atom. The van der Waals surface area contributed by atoms with Crippen LogP contribution >= 0.6 is 0 Å². The summed E-state index contributed by atoms with van der Waals surface area (Å²) in [6.07, 6.45) is 13.8. The van der Waals surface area contributed by atoms with Gasteiger partial charge in [0.1, 0.15) is 0 Å². The highest BCUT2D eigenvalue weighted by molar-refractivity contribution is 4.85. The largest absolute Gasteiger partial charge is 0.327 e. The molecule has 0 saturated carbocycles. The molecule has 2 N–H and O–H groups in total. The van der Waals surface area contributed by atoms with Crippen molar-refractivity contribution >= 4 is 0 Å². The Balaban J connectivity index is 3.68.